The second kappa shape index (κ2) is 1.47. The van der Waals surface area contributed by atoms with E-state index in [-0.39, 0.29) is 0 Å². The average molecular weight is 119 g/mol. The topological polar surface area (TPSA) is 53.4 Å². The fraction of sp³-hybridized carbons (Fsp3) is 0. The Morgan fingerprint density at radius 3 is 3.44 bits per heavy atom. The Morgan fingerprint density at radius 2 is 2.56 bits per heavy atom. The van der Waals surface area contributed by atoms with Crippen LogP contribution in [0.2, 0.25) is 0 Å². The van der Waals surface area contributed by atoms with Gasteiger partial charge in [0, 0.05) is 0 Å². The lowest BCUT2D eigenvalue weighted by Gasteiger charge is -1.66. The number of hydrogen-bond donors (Lipinski definition) is 1. The molecule has 0 saturated heterocycles. The molecule has 1 N–H and O–H groups in total. The highest BCUT2D eigenvalue weighted by Crippen LogP contribution is 1.69. The lowest BCUT2D eigenvalue weighted by atomic mass is 10.6. The fourth-order valence-electron chi connectivity index (χ4n) is 0.644. The second-order valence-electron chi connectivity index (χ2n) is 1.59. The molecular weight excluding hydrogens is 116 g/mol. The number of fused-ring (bicyclic) bond motifs is 1. The van der Waals surface area contributed by atoms with Crippen LogP contribution >= 0.6 is 0 Å². The van der Waals surface area contributed by atoms with Crippen molar-refractivity contribution in [2.24, 2.45) is 9.98 Å². The monoisotopic (exact) mass is 119 g/mol. The number of aromatic amines is 1. The molecule has 42 valence electrons. The molecule has 9 heavy (non-hydrogen) atoms. The highest BCUT2D eigenvalue weighted by molar-refractivity contribution is 5.60. The van der Waals surface area contributed by atoms with E-state index >= 15 is 0 Å². The Morgan fingerprint density at radius 1 is 1.56 bits per heavy atom. The Hall–Kier alpha value is -1.54. The molecule has 0 bridgehead atoms. The van der Waals surface area contributed by atoms with Gasteiger partial charge in [-0.15, -0.1) is 4.98 Å². The molecule has 1 aromatic rings. The molecule has 0 aliphatic carbocycles. The Labute approximate surface area is 50.7 Å². The van der Waals surface area contributed by atoms with Crippen molar-refractivity contribution in [3.05, 3.63) is 17.2 Å². The van der Waals surface area contributed by atoms with Crippen LogP contribution in [-0.4, -0.2) is 16.3 Å². The third kappa shape index (κ3) is 0.538. The van der Waals surface area contributed by atoms with Gasteiger partial charge in [0.2, 0.25) is 6.34 Å². The number of nitrogens with one attached hydrogen (secondary N) is 1. The lowest BCUT2D eigenvalue weighted by Crippen LogP contribution is -2.26. The molecule has 2 heterocycles. The van der Waals surface area contributed by atoms with E-state index in [1.165, 1.54) is 6.34 Å². The van der Waals surface area contributed by atoms with Crippen LogP contribution in [-0.2, 0) is 0 Å². The summed E-state index contributed by atoms with van der Waals surface area (Å²) in [7, 11) is 0. The van der Waals surface area contributed by atoms with E-state index < -0.39 is 0 Å². The summed E-state index contributed by atoms with van der Waals surface area (Å²) in [4.78, 5) is 14.2. The molecule has 0 spiro atoms. The Balaban J connectivity index is 2.99. The maximum absolute atomic E-state index is 3.88. The predicted octanol–water partition coefficient (Wildman–Crippen LogP) is -1.31. The van der Waals surface area contributed by atoms with Crippen LogP contribution in [0, 0.1) is 0 Å². The molecular formula is C5H3N4+. The van der Waals surface area contributed by atoms with Crippen LogP contribution in [0.25, 0.3) is 6.20 Å². The molecule has 0 atom stereocenters. The highest BCUT2D eigenvalue weighted by atomic mass is 15.0. The summed E-state index contributed by atoms with van der Waals surface area (Å²) in [5, 5.41) is 0.748. The van der Waals surface area contributed by atoms with E-state index in [0.717, 1.165) is 5.35 Å². The number of hydrogen-bond acceptors (Lipinski definition) is 3. The number of aliphatic imine (C=N–C) groups is 1. The van der Waals surface area contributed by atoms with Crippen molar-refractivity contribution in [2.45, 2.75) is 0 Å². The van der Waals surface area contributed by atoms with Gasteiger partial charge in [0.15, 0.2) is 6.20 Å². The van der Waals surface area contributed by atoms with E-state index in [0.29, 0.717) is 5.49 Å². The molecule has 0 saturated carbocycles. The fourth-order valence-corrected chi connectivity index (χ4v) is 0.644. The van der Waals surface area contributed by atoms with Gasteiger partial charge in [-0.05, 0) is 0 Å². The zero-order valence-electron chi connectivity index (χ0n) is 4.50. The quantitative estimate of drug-likeness (QED) is 0.423. The van der Waals surface area contributed by atoms with E-state index in [1.807, 2.05) is 0 Å². The normalized spacial score (nSPS) is 12.9. The summed E-state index contributed by atoms with van der Waals surface area (Å²) in [6.07, 6.45) is 5.69. The number of nitrogens with zero attached hydrogens (tertiary/aromatic N) is 3. The number of aromatic nitrogens is 2. The molecule has 1 aliphatic heterocycles. The first-order valence-electron chi connectivity index (χ1n) is 2.48. The second-order valence-corrected chi connectivity index (χ2v) is 1.59. The van der Waals surface area contributed by atoms with E-state index in [1.54, 1.807) is 6.33 Å². The third-order valence-electron chi connectivity index (χ3n) is 1.03. The standard InChI is InChI=1S/C5H3N4/c1-4-5(8-2-6-1)9-3-7-4/h2-3H,(H,6,7,8,9)/q+1. The van der Waals surface area contributed by atoms with E-state index in [9.17, 15) is 0 Å². The van der Waals surface area contributed by atoms with Crippen molar-refractivity contribution in [3.63, 3.8) is 0 Å². The highest BCUT2D eigenvalue weighted by Gasteiger charge is 2.00. The van der Waals surface area contributed by atoms with Gasteiger partial charge in [0.05, 0.1) is 0 Å². The minimum absolute atomic E-state index is 0.657. The summed E-state index contributed by atoms with van der Waals surface area (Å²) in [6.45, 7) is 0. The molecule has 0 amide bonds. The van der Waals surface area contributed by atoms with Crippen molar-refractivity contribution >= 4 is 12.5 Å². The molecule has 0 unspecified atom stereocenters. The van der Waals surface area contributed by atoms with Crippen LogP contribution in [0.5, 0.6) is 0 Å². The van der Waals surface area contributed by atoms with E-state index in [4.69, 9.17) is 0 Å². The van der Waals surface area contributed by atoms with Gasteiger partial charge in [-0.2, -0.15) is 0 Å². The zero-order chi connectivity index (χ0) is 6.10. The van der Waals surface area contributed by atoms with Crippen LogP contribution in [0.15, 0.2) is 16.3 Å². The lowest BCUT2D eigenvalue weighted by molar-refractivity contribution is 1.20. The first kappa shape index (κ1) is 4.35. The van der Waals surface area contributed by atoms with Crippen LogP contribution in [0.4, 0.5) is 0 Å². The van der Waals surface area contributed by atoms with Gasteiger partial charge in [-0.1, -0.05) is 9.98 Å². The molecule has 0 aromatic carbocycles. The summed E-state index contributed by atoms with van der Waals surface area (Å²) in [5.74, 6) is 0. The first-order valence-corrected chi connectivity index (χ1v) is 2.48. The molecule has 1 aromatic heterocycles. The summed E-state index contributed by atoms with van der Waals surface area (Å²) in [6, 6.07) is 0. The number of rotatable bonds is 0. The molecule has 0 radical (unpaired) electrons. The van der Waals surface area contributed by atoms with Crippen molar-refractivity contribution in [1.29, 1.82) is 0 Å². The van der Waals surface area contributed by atoms with Gasteiger partial charge >= 0.3 is 0 Å². The minimum atomic E-state index is 0.657. The molecule has 4 heteroatoms. The third-order valence-corrected chi connectivity index (χ3v) is 1.03. The summed E-state index contributed by atoms with van der Waals surface area (Å²) in [5.41, 5.74) is 0.657. The van der Waals surface area contributed by atoms with Crippen LogP contribution in [0.1, 0.15) is 0 Å². The van der Waals surface area contributed by atoms with Gasteiger partial charge < -0.3 is 4.98 Å². The van der Waals surface area contributed by atoms with Crippen LogP contribution in [0.3, 0.4) is 0 Å². The minimum Gasteiger partial charge on any atom is -0.311 e. The van der Waals surface area contributed by atoms with Crippen molar-refractivity contribution < 1.29 is 0 Å². The molecule has 0 fully saturated rings. The van der Waals surface area contributed by atoms with Crippen molar-refractivity contribution in [2.75, 3.05) is 0 Å². The Kier molecular flexibility index (Phi) is 0.709. The predicted molar refractivity (Wildman–Crippen MR) is 31.3 cm³/mol. The van der Waals surface area contributed by atoms with Gasteiger partial charge in [-0.3, -0.25) is 0 Å². The Bertz CT molecular complexity index is 313. The van der Waals surface area contributed by atoms with Crippen molar-refractivity contribution in [3.8, 4) is 0 Å². The molecule has 1 aliphatic rings. The van der Waals surface area contributed by atoms with Crippen LogP contribution < -0.4 is 10.8 Å². The molecule has 2 rings (SSSR count). The molecule has 4 nitrogen and oxygen atoms in total. The van der Waals surface area contributed by atoms with E-state index in [2.05, 4.69) is 26.2 Å². The maximum atomic E-state index is 3.88. The van der Waals surface area contributed by atoms with Crippen molar-refractivity contribution in [1.82, 2.24) is 9.97 Å². The smallest absolute Gasteiger partial charge is 0.300 e. The SMILES string of the molecule is [C+]1=c2[nH]cnc2=NC=N1. The van der Waals surface area contributed by atoms with Gasteiger partial charge in [0.1, 0.15) is 6.33 Å². The largest absolute Gasteiger partial charge is 0.311 e. The number of H-pyrrole nitrogens is 1. The zero-order valence-corrected chi connectivity index (χ0v) is 4.50. The number of imidazole rings is 1. The average Bonchev–Trinajstić information content (AvgIpc) is 2.33. The first-order chi connectivity index (χ1) is 4.47. The summed E-state index contributed by atoms with van der Waals surface area (Å²) < 4.78 is 0. The van der Waals surface area contributed by atoms with Gasteiger partial charge in [0.25, 0.3) is 10.8 Å². The van der Waals surface area contributed by atoms with Gasteiger partial charge in [-0.25, -0.2) is 0 Å². The summed E-state index contributed by atoms with van der Waals surface area (Å²) >= 11 is 0. The maximum Gasteiger partial charge on any atom is 0.300 e.